The fourth-order valence-electron chi connectivity index (χ4n) is 1.74. The zero-order valence-corrected chi connectivity index (χ0v) is 11.9. The zero-order chi connectivity index (χ0) is 14.8. The number of aliphatic hydroxyl groups is 1. The molecule has 6 nitrogen and oxygen atoms in total. The lowest BCUT2D eigenvalue weighted by molar-refractivity contribution is -0.115. The molecule has 6 heteroatoms. The van der Waals surface area contributed by atoms with Crippen LogP contribution in [0.5, 0.6) is 5.75 Å². The molecule has 1 amide bonds. The number of methoxy groups -OCH3 is 2. The van der Waals surface area contributed by atoms with E-state index in [0.717, 1.165) is 0 Å². The van der Waals surface area contributed by atoms with Crippen molar-refractivity contribution in [2.24, 2.45) is 0 Å². The Kier molecular flexibility index (Phi) is 7.64. The topological polar surface area (TPSA) is 79.8 Å². The smallest absolute Gasteiger partial charge is 0.238 e. The van der Waals surface area contributed by atoms with Gasteiger partial charge < -0.3 is 25.2 Å². The lowest BCUT2D eigenvalue weighted by Crippen LogP contribution is -2.39. The van der Waals surface area contributed by atoms with E-state index in [0.29, 0.717) is 24.5 Å². The Bertz CT molecular complexity index is 406. The maximum atomic E-state index is 11.8. The van der Waals surface area contributed by atoms with E-state index in [-0.39, 0.29) is 25.1 Å². The summed E-state index contributed by atoms with van der Waals surface area (Å²) in [5.74, 6) is 0.533. The number of carbonyl (C=O) groups excluding carboxylic acids is 1. The number of rotatable bonds is 9. The molecule has 3 N–H and O–H groups in total. The van der Waals surface area contributed by atoms with Crippen LogP contribution in [-0.2, 0) is 9.53 Å². The summed E-state index contributed by atoms with van der Waals surface area (Å²) < 4.78 is 10.1. The number of benzene rings is 1. The molecule has 0 bridgehead atoms. The van der Waals surface area contributed by atoms with E-state index in [2.05, 4.69) is 10.6 Å². The first-order chi connectivity index (χ1) is 9.69. The number of aliphatic hydroxyl groups excluding tert-OH is 1. The average Bonchev–Trinajstić information content (AvgIpc) is 2.45. The van der Waals surface area contributed by atoms with Gasteiger partial charge in [-0.1, -0.05) is 6.07 Å². The van der Waals surface area contributed by atoms with Gasteiger partial charge in [0.1, 0.15) is 5.75 Å². The highest BCUT2D eigenvalue weighted by Gasteiger charge is 2.10. The number of nitrogens with one attached hydrogen (secondary N) is 2. The van der Waals surface area contributed by atoms with Crippen molar-refractivity contribution in [3.05, 3.63) is 24.3 Å². The molecule has 1 atom stereocenters. The highest BCUT2D eigenvalue weighted by molar-refractivity contribution is 5.92. The fraction of sp³-hybridized carbons (Fsp3) is 0.500. The van der Waals surface area contributed by atoms with E-state index in [4.69, 9.17) is 14.6 Å². The Morgan fingerprint density at radius 2 is 2.20 bits per heavy atom. The summed E-state index contributed by atoms with van der Waals surface area (Å²) in [6.07, 6.45) is 0.542. The number of hydrogen-bond donors (Lipinski definition) is 3. The highest BCUT2D eigenvalue weighted by atomic mass is 16.5. The molecular weight excluding hydrogens is 260 g/mol. The normalized spacial score (nSPS) is 11.9. The Labute approximate surface area is 119 Å². The molecule has 1 rings (SSSR count). The van der Waals surface area contributed by atoms with E-state index >= 15 is 0 Å². The van der Waals surface area contributed by atoms with Gasteiger partial charge in [0.15, 0.2) is 0 Å². The summed E-state index contributed by atoms with van der Waals surface area (Å²) in [5, 5.41) is 14.7. The second-order valence-corrected chi connectivity index (χ2v) is 4.33. The lowest BCUT2D eigenvalue weighted by atomic mass is 10.2. The minimum Gasteiger partial charge on any atom is -0.497 e. The van der Waals surface area contributed by atoms with Crippen LogP contribution in [0.1, 0.15) is 6.42 Å². The number of carbonyl (C=O) groups is 1. The molecule has 0 aromatic heterocycles. The summed E-state index contributed by atoms with van der Waals surface area (Å²) in [7, 11) is 3.16. The maximum absolute atomic E-state index is 11.8. The Balaban J connectivity index is 2.42. The molecule has 1 aromatic rings. The van der Waals surface area contributed by atoms with Crippen molar-refractivity contribution in [2.75, 3.05) is 39.3 Å². The fourth-order valence-corrected chi connectivity index (χ4v) is 1.74. The molecule has 20 heavy (non-hydrogen) atoms. The number of amides is 1. The molecule has 0 saturated heterocycles. The molecule has 0 fully saturated rings. The number of hydrogen-bond acceptors (Lipinski definition) is 5. The molecule has 0 aliphatic rings. The molecule has 1 unspecified atom stereocenters. The molecule has 0 spiro atoms. The van der Waals surface area contributed by atoms with Gasteiger partial charge in [-0.15, -0.1) is 0 Å². The van der Waals surface area contributed by atoms with Crippen LogP contribution in [0.15, 0.2) is 24.3 Å². The minimum atomic E-state index is -0.155. The van der Waals surface area contributed by atoms with Crippen LogP contribution >= 0.6 is 0 Å². The van der Waals surface area contributed by atoms with Gasteiger partial charge in [0.2, 0.25) is 5.91 Å². The van der Waals surface area contributed by atoms with Gasteiger partial charge in [-0.3, -0.25) is 4.79 Å². The van der Waals surface area contributed by atoms with Crippen molar-refractivity contribution in [2.45, 2.75) is 12.5 Å². The molecule has 1 aromatic carbocycles. The van der Waals surface area contributed by atoms with E-state index in [9.17, 15) is 4.79 Å². The van der Waals surface area contributed by atoms with Gasteiger partial charge >= 0.3 is 0 Å². The predicted molar refractivity (Wildman–Crippen MR) is 77.0 cm³/mol. The Morgan fingerprint density at radius 1 is 1.40 bits per heavy atom. The largest absolute Gasteiger partial charge is 0.497 e. The van der Waals surface area contributed by atoms with Gasteiger partial charge in [-0.05, 0) is 18.6 Å². The second kappa shape index (κ2) is 9.30. The van der Waals surface area contributed by atoms with Crippen LogP contribution in [0.2, 0.25) is 0 Å². The lowest BCUT2D eigenvalue weighted by Gasteiger charge is -2.16. The molecule has 0 radical (unpaired) electrons. The van der Waals surface area contributed by atoms with E-state index in [1.807, 2.05) is 6.07 Å². The monoisotopic (exact) mass is 282 g/mol. The van der Waals surface area contributed by atoms with Crippen LogP contribution in [0.3, 0.4) is 0 Å². The van der Waals surface area contributed by atoms with E-state index in [1.165, 1.54) is 0 Å². The van der Waals surface area contributed by atoms with Crippen molar-refractivity contribution in [3.8, 4) is 5.75 Å². The number of ether oxygens (including phenoxy) is 2. The number of anilines is 1. The standard InChI is InChI=1S/C14H22N2O4/c1-19-10-12(6-7-17)15-9-14(18)16-11-4-3-5-13(8-11)20-2/h3-5,8,12,15,17H,6-7,9-10H2,1-2H3,(H,16,18). The minimum absolute atomic E-state index is 0.0407. The van der Waals surface area contributed by atoms with Crippen molar-refractivity contribution in [1.29, 1.82) is 0 Å². The van der Waals surface area contributed by atoms with Gasteiger partial charge in [0.05, 0.1) is 20.3 Å². The third kappa shape index (κ3) is 6.01. The van der Waals surface area contributed by atoms with Crippen LogP contribution < -0.4 is 15.4 Å². The van der Waals surface area contributed by atoms with Crippen LogP contribution in [0.25, 0.3) is 0 Å². The Morgan fingerprint density at radius 3 is 2.85 bits per heavy atom. The van der Waals surface area contributed by atoms with Crippen LogP contribution in [0, 0.1) is 0 Å². The van der Waals surface area contributed by atoms with Crippen LogP contribution in [0.4, 0.5) is 5.69 Å². The first-order valence-electron chi connectivity index (χ1n) is 6.46. The third-order valence-corrected chi connectivity index (χ3v) is 2.75. The summed E-state index contributed by atoms with van der Waals surface area (Å²) in [4.78, 5) is 11.8. The molecule has 0 heterocycles. The summed E-state index contributed by atoms with van der Waals surface area (Å²) in [6, 6.07) is 7.12. The van der Waals surface area contributed by atoms with Crippen molar-refractivity contribution in [1.82, 2.24) is 5.32 Å². The first-order valence-corrected chi connectivity index (χ1v) is 6.46. The van der Waals surface area contributed by atoms with Crippen molar-refractivity contribution >= 4 is 11.6 Å². The predicted octanol–water partition coefficient (Wildman–Crippen LogP) is 0.621. The molecule has 112 valence electrons. The van der Waals surface area contributed by atoms with E-state index < -0.39 is 0 Å². The first kappa shape index (κ1) is 16.4. The van der Waals surface area contributed by atoms with E-state index in [1.54, 1.807) is 32.4 Å². The van der Waals surface area contributed by atoms with Gasteiger partial charge in [0, 0.05) is 31.5 Å². The molecule has 0 aliphatic heterocycles. The summed E-state index contributed by atoms with van der Waals surface area (Å²) in [6.45, 7) is 0.663. The third-order valence-electron chi connectivity index (χ3n) is 2.75. The van der Waals surface area contributed by atoms with Gasteiger partial charge in [0.25, 0.3) is 0 Å². The molecule has 0 saturated carbocycles. The van der Waals surface area contributed by atoms with Gasteiger partial charge in [-0.2, -0.15) is 0 Å². The maximum Gasteiger partial charge on any atom is 0.238 e. The summed E-state index contributed by atoms with van der Waals surface area (Å²) in [5.41, 5.74) is 0.682. The second-order valence-electron chi connectivity index (χ2n) is 4.33. The molecular formula is C14H22N2O4. The SMILES string of the molecule is COCC(CCO)NCC(=O)Nc1cccc(OC)c1. The zero-order valence-electron chi connectivity index (χ0n) is 11.9. The average molecular weight is 282 g/mol. The Hall–Kier alpha value is -1.63. The van der Waals surface area contributed by atoms with Crippen molar-refractivity contribution in [3.63, 3.8) is 0 Å². The summed E-state index contributed by atoms with van der Waals surface area (Å²) >= 11 is 0. The van der Waals surface area contributed by atoms with Crippen LogP contribution in [-0.4, -0.2) is 51.0 Å². The van der Waals surface area contributed by atoms with Crippen molar-refractivity contribution < 1.29 is 19.4 Å². The highest BCUT2D eigenvalue weighted by Crippen LogP contribution is 2.16. The molecule has 0 aliphatic carbocycles. The quantitative estimate of drug-likeness (QED) is 0.619. The van der Waals surface area contributed by atoms with Gasteiger partial charge in [-0.25, -0.2) is 0 Å².